The molecule has 2 aromatic rings. The van der Waals surface area contributed by atoms with E-state index in [9.17, 15) is 14.9 Å². The van der Waals surface area contributed by atoms with Crippen LogP contribution >= 0.6 is 0 Å². The summed E-state index contributed by atoms with van der Waals surface area (Å²) >= 11 is 0. The molecule has 0 saturated heterocycles. The van der Waals surface area contributed by atoms with E-state index in [4.69, 9.17) is 14.2 Å². The van der Waals surface area contributed by atoms with Crippen molar-refractivity contribution in [3.63, 3.8) is 0 Å². The first kappa shape index (κ1) is 21.1. The summed E-state index contributed by atoms with van der Waals surface area (Å²) in [5.74, 6) is -1.10. The van der Waals surface area contributed by atoms with Crippen LogP contribution in [-0.2, 0) is 14.2 Å². The normalized spacial score (nSPS) is 13.1. The average Bonchev–Trinajstić information content (AvgIpc) is 2.74. The number of methoxy groups -OCH3 is 1. The highest BCUT2D eigenvalue weighted by Crippen LogP contribution is 2.28. The van der Waals surface area contributed by atoms with E-state index in [0.717, 1.165) is 0 Å². The Hall–Kier alpha value is -3.17. The average molecular weight is 381 g/mol. The molecule has 0 aromatic heterocycles. The molecule has 0 spiro atoms. The molecular formula is C22H23NO5. The molecule has 0 amide bonds. The Morgan fingerprint density at radius 3 is 1.93 bits per heavy atom. The van der Waals surface area contributed by atoms with Crippen LogP contribution in [0.4, 0.5) is 0 Å². The summed E-state index contributed by atoms with van der Waals surface area (Å²) in [5, 5.41) is 9.54. The summed E-state index contributed by atoms with van der Waals surface area (Å²) in [6.45, 7) is 3.12. The van der Waals surface area contributed by atoms with Crippen molar-refractivity contribution >= 4 is 11.9 Å². The summed E-state index contributed by atoms with van der Waals surface area (Å²) in [6, 6.07) is 19.1. The topological polar surface area (TPSA) is 85.6 Å². The van der Waals surface area contributed by atoms with Gasteiger partial charge in [0.2, 0.25) is 0 Å². The van der Waals surface area contributed by atoms with E-state index in [1.165, 1.54) is 7.11 Å². The smallest absolute Gasteiger partial charge is 0.338 e. The molecule has 0 saturated carbocycles. The molecule has 2 atom stereocenters. The molecule has 2 rings (SSSR count). The van der Waals surface area contributed by atoms with Crippen molar-refractivity contribution in [3.05, 3.63) is 71.8 Å². The van der Waals surface area contributed by atoms with Gasteiger partial charge in [0.1, 0.15) is 18.8 Å². The SMILES string of the molecule is CO[C@H](COC(=O)c1ccccc1)[C@@H](OC(=O)c1ccccc1)C(C)(C)C#N. The molecule has 0 aliphatic heterocycles. The highest BCUT2D eigenvalue weighted by atomic mass is 16.6. The lowest BCUT2D eigenvalue weighted by molar-refractivity contribution is -0.0892. The number of hydrogen-bond donors (Lipinski definition) is 0. The van der Waals surface area contributed by atoms with E-state index in [1.54, 1.807) is 74.5 Å². The highest BCUT2D eigenvalue weighted by molar-refractivity contribution is 5.90. The Morgan fingerprint density at radius 2 is 1.46 bits per heavy atom. The van der Waals surface area contributed by atoms with Crippen molar-refractivity contribution in [2.24, 2.45) is 5.41 Å². The molecule has 0 fully saturated rings. The van der Waals surface area contributed by atoms with Crippen molar-refractivity contribution in [3.8, 4) is 6.07 Å². The largest absolute Gasteiger partial charge is 0.459 e. The molecule has 6 nitrogen and oxygen atoms in total. The van der Waals surface area contributed by atoms with Crippen LogP contribution in [0.3, 0.4) is 0 Å². The van der Waals surface area contributed by atoms with Crippen LogP contribution in [-0.4, -0.2) is 37.9 Å². The van der Waals surface area contributed by atoms with Crippen LogP contribution in [0.15, 0.2) is 60.7 Å². The molecule has 146 valence electrons. The van der Waals surface area contributed by atoms with Gasteiger partial charge in [-0.1, -0.05) is 36.4 Å². The van der Waals surface area contributed by atoms with Gasteiger partial charge in [0.15, 0.2) is 0 Å². The van der Waals surface area contributed by atoms with Crippen LogP contribution in [0.5, 0.6) is 0 Å². The lowest BCUT2D eigenvalue weighted by atomic mass is 9.85. The number of hydrogen-bond acceptors (Lipinski definition) is 6. The summed E-state index contributed by atoms with van der Waals surface area (Å²) in [7, 11) is 1.41. The zero-order valence-electron chi connectivity index (χ0n) is 16.1. The second kappa shape index (κ2) is 9.67. The third kappa shape index (κ3) is 5.41. The van der Waals surface area contributed by atoms with Crippen molar-refractivity contribution in [1.29, 1.82) is 5.26 Å². The molecule has 0 N–H and O–H groups in total. The van der Waals surface area contributed by atoms with Gasteiger partial charge in [-0.15, -0.1) is 0 Å². The number of carbonyl (C=O) groups is 2. The molecule has 0 aliphatic rings. The Bertz CT molecular complexity index is 827. The Morgan fingerprint density at radius 1 is 0.964 bits per heavy atom. The second-order valence-electron chi connectivity index (χ2n) is 6.76. The predicted octanol–water partition coefficient (Wildman–Crippen LogP) is 3.63. The first-order valence-corrected chi connectivity index (χ1v) is 8.81. The number of benzene rings is 2. The van der Waals surface area contributed by atoms with Gasteiger partial charge in [-0.3, -0.25) is 0 Å². The van der Waals surface area contributed by atoms with Crippen LogP contribution < -0.4 is 0 Å². The van der Waals surface area contributed by atoms with Gasteiger partial charge in [0.25, 0.3) is 0 Å². The second-order valence-corrected chi connectivity index (χ2v) is 6.76. The number of rotatable bonds is 8. The zero-order chi connectivity index (χ0) is 20.6. The molecule has 0 unspecified atom stereocenters. The van der Waals surface area contributed by atoms with Crippen molar-refractivity contribution < 1.29 is 23.8 Å². The van der Waals surface area contributed by atoms with Crippen molar-refractivity contribution in [1.82, 2.24) is 0 Å². The van der Waals surface area contributed by atoms with Crippen LogP contribution in [0.1, 0.15) is 34.6 Å². The van der Waals surface area contributed by atoms with Gasteiger partial charge in [-0.05, 0) is 38.1 Å². The Kier molecular flexibility index (Phi) is 7.30. The Balaban J connectivity index is 2.15. The standard InChI is InChI=1S/C22H23NO5/c1-22(2,15-23)19(28-21(25)17-12-8-5-9-13-17)18(26-3)14-27-20(24)16-10-6-4-7-11-16/h4-13,18-19H,14H2,1-3H3/t18-,19-/m1/s1. The number of esters is 2. The summed E-state index contributed by atoms with van der Waals surface area (Å²) in [6.07, 6.45) is -1.76. The number of carbonyl (C=O) groups excluding carboxylic acids is 2. The zero-order valence-corrected chi connectivity index (χ0v) is 16.1. The van der Waals surface area contributed by atoms with E-state index >= 15 is 0 Å². The van der Waals surface area contributed by atoms with E-state index in [2.05, 4.69) is 6.07 Å². The van der Waals surface area contributed by atoms with Crippen molar-refractivity contribution in [2.45, 2.75) is 26.1 Å². The molecule has 28 heavy (non-hydrogen) atoms. The molecule has 6 heteroatoms. The van der Waals surface area contributed by atoms with Gasteiger partial charge in [0, 0.05) is 7.11 Å². The van der Waals surface area contributed by atoms with Crippen LogP contribution in [0, 0.1) is 16.7 Å². The molecular weight excluding hydrogens is 358 g/mol. The fraction of sp³-hybridized carbons (Fsp3) is 0.318. The minimum absolute atomic E-state index is 0.165. The maximum atomic E-state index is 12.5. The van der Waals surface area contributed by atoms with Crippen molar-refractivity contribution in [2.75, 3.05) is 13.7 Å². The molecule has 0 aliphatic carbocycles. The Labute approximate surface area is 164 Å². The van der Waals surface area contributed by atoms with Gasteiger partial charge in [-0.2, -0.15) is 5.26 Å². The summed E-state index contributed by atoms with van der Waals surface area (Å²) in [4.78, 5) is 24.7. The van der Waals surface area contributed by atoms with E-state index < -0.39 is 29.6 Å². The van der Waals surface area contributed by atoms with E-state index in [-0.39, 0.29) is 6.61 Å². The van der Waals surface area contributed by atoms with E-state index in [0.29, 0.717) is 11.1 Å². The first-order chi connectivity index (χ1) is 13.4. The van der Waals surface area contributed by atoms with Gasteiger partial charge >= 0.3 is 11.9 Å². The van der Waals surface area contributed by atoms with Crippen LogP contribution in [0.2, 0.25) is 0 Å². The predicted molar refractivity (Wildman–Crippen MR) is 103 cm³/mol. The summed E-state index contributed by atoms with van der Waals surface area (Å²) < 4.78 is 16.3. The fourth-order valence-electron chi connectivity index (χ4n) is 2.60. The molecule has 2 aromatic carbocycles. The van der Waals surface area contributed by atoms with Gasteiger partial charge in [0.05, 0.1) is 22.6 Å². The third-order valence-corrected chi connectivity index (χ3v) is 4.27. The molecule has 0 heterocycles. The number of ether oxygens (including phenoxy) is 3. The lowest BCUT2D eigenvalue weighted by Gasteiger charge is -2.33. The molecule has 0 bridgehead atoms. The minimum atomic E-state index is -1.07. The number of nitrogens with zero attached hydrogens (tertiary/aromatic N) is 1. The third-order valence-electron chi connectivity index (χ3n) is 4.27. The van der Waals surface area contributed by atoms with E-state index in [1.807, 2.05) is 0 Å². The monoisotopic (exact) mass is 381 g/mol. The van der Waals surface area contributed by atoms with Gasteiger partial charge < -0.3 is 14.2 Å². The number of nitriles is 1. The minimum Gasteiger partial charge on any atom is -0.459 e. The molecule has 0 radical (unpaired) electrons. The summed E-state index contributed by atoms with van der Waals surface area (Å²) in [5.41, 5.74) is -0.309. The fourth-order valence-corrected chi connectivity index (χ4v) is 2.60. The maximum absolute atomic E-state index is 12.5. The highest BCUT2D eigenvalue weighted by Gasteiger charge is 2.40. The first-order valence-electron chi connectivity index (χ1n) is 8.81. The maximum Gasteiger partial charge on any atom is 0.338 e. The quantitative estimate of drug-likeness (QED) is 0.649. The van der Waals surface area contributed by atoms with Gasteiger partial charge in [-0.25, -0.2) is 9.59 Å². The lowest BCUT2D eigenvalue weighted by Crippen LogP contribution is -2.46. The van der Waals surface area contributed by atoms with Crippen LogP contribution in [0.25, 0.3) is 0 Å².